The van der Waals surface area contributed by atoms with E-state index in [1.54, 1.807) is 11.0 Å². The number of amides is 2. The van der Waals surface area contributed by atoms with Crippen molar-refractivity contribution in [3.8, 4) is 0 Å². The number of hydrogen-bond donors (Lipinski definition) is 1. The summed E-state index contributed by atoms with van der Waals surface area (Å²) in [7, 11) is 0. The molecule has 0 unspecified atom stereocenters. The summed E-state index contributed by atoms with van der Waals surface area (Å²) in [4.78, 5) is 26.4. The van der Waals surface area contributed by atoms with Crippen LogP contribution < -0.4 is 5.32 Å². The van der Waals surface area contributed by atoms with E-state index in [0.29, 0.717) is 12.1 Å². The minimum atomic E-state index is -0.361. The largest absolute Gasteiger partial charge is 0.472 e. The van der Waals surface area contributed by atoms with E-state index in [-0.39, 0.29) is 23.9 Å². The summed E-state index contributed by atoms with van der Waals surface area (Å²) in [5, 5.41) is 2.97. The lowest BCUT2D eigenvalue weighted by molar-refractivity contribution is -0.127. The van der Waals surface area contributed by atoms with E-state index >= 15 is 0 Å². The highest BCUT2D eigenvalue weighted by Gasteiger charge is 2.33. The molecule has 1 aromatic rings. The second-order valence-electron chi connectivity index (χ2n) is 5.34. The van der Waals surface area contributed by atoms with Gasteiger partial charge in [0.25, 0.3) is 5.91 Å². The van der Waals surface area contributed by atoms with Crippen LogP contribution in [0.5, 0.6) is 0 Å². The van der Waals surface area contributed by atoms with Crippen LogP contribution in [0.1, 0.15) is 49.9 Å². The zero-order chi connectivity index (χ0) is 14.5. The average molecular weight is 278 g/mol. The summed E-state index contributed by atoms with van der Waals surface area (Å²) in [5.41, 5.74) is 0.508. The Morgan fingerprint density at radius 2 is 2.30 bits per heavy atom. The van der Waals surface area contributed by atoms with Crippen LogP contribution in [0.4, 0.5) is 0 Å². The van der Waals surface area contributed by atoms with Gasteiger partial charge in [-0.25, -0.2) is 0 Å². The van der Waals surface area contributed by atoms with E-state index in [4.69, 9.17) is 4.42 Å². The van der Waals surface area contributed by atoms with Crippen molar-refractivity contribution in [2.45, 2.75) is 51.6 Å². The van der Waals surface area contributed by atoms with Crippen LogP contribution in [0.3, 0.4) is 0 Å². The monoisotopic (exact) mass is 278 g/mol. The molecule has 0 bridgehead atoms. The normalized spacial score (nSPS) is 20.5. The van der Waals surface area contributed by atoms with E-state index in [1.807, 2.05) is 13.8 Å². The smallest absolute Gasteiger partial charge is 0.257 e. The van der Waals surface area contributed by atoms with E-state index < -0.39 is 0 Å². The Morgan fingerprint density at radius 3 is 2.95 bits per heavy atom. The van der Waals surface area contributed by atoms with Crippen molar-refractivity contribution in [1.82, 2.24) is 10.2 Å². The van der Waals surface area contributed by atoms with Gasteiger partial charge in [-0.05, 0) is 38.7 Å². The number of rotatable bonds is 4. The standard InChI is InChI=1S/C15H22N2O3/c1-3-11(2)16-14(18)13-6-4-5-8-17(13)15(19)12-7-9-20-10-12/h7,9-11,13H,3-6,8H2,1-2H3,(H,16,18)/t11-,13+/m0/s1. The minimum Gasteiger partial charge on any atom is -0.472 e. The molecule has 1 aromatic heterocycles. The van der Waals surface area contributed by atoms with Gasteiger partial charge in [0.2, 0.25) is 5.91 Å². The Labute approximate surface area is 119 Å². The number of carbonyl (C=O) groups is 2. The molecule has 0 radical (unpaired) electrons. The molecule has 0 saturated carbocycles. The highest BCUT2D eigenvalue weighted by atomic mass is 16.3. The highest BCUT2D eigenvalue weighted by Crippen LogP contribution is 2.20. The maximum absolute atomic E-state index is 12.4. The molecule has 0 aliphatic carbocycles. The van der Waals surface area contributed by atoms with Crippen LogP contribution in [-0.4, -0.2) is 35.3 Å². The average Bonchev–Trinajstić information content (AvgIpc) is 3.00. The molecule has 0 spiro atoms. The molecule has 0 aromatic carbocycles. The molecular formula is C15H22N2O3. The van der Waals surface area contributed by atoms with Gasteiger partial charge in [0.05, 0.1) is 11.8 Å². The summed E-state index contributed by atoms with van der Waals surface area (Å²) in [5.74, 6) is -0.168. The van der Waals surface area contributed by atoms with Gasteiger partial charge in [-0.15, -0.1) is 0 Å². The molecule has 1 aliphatic rings. The number of carbonyl (C=O) groups excluding carboxylic acids is 2. The molecule has 1 saturated heterocycles. The van der Waals surface area contributed by atoms with Crippen LogP contribution in [0.25, 0.3) is 0 Å². The van der Waals surface area contributed by atoms with E-state index in [1.165, 1.54) is 12.5 Å². The molecule has 110 valence electrons. The van der Waals surface area contributed by atoms with Crippen molar-refractivity contribution in [2.75, 3.05) is 6.54 Å². The van der Waals surface area contributed by atoms with Gasteiger partial charge in [0.1, 0.15) is 12.3 Å². The Hall–Kier alpha value is -1.78. The lowest BCUT2D eigenvalue weighted by atomic mass is 10.00. The molecule has 20 heavy (non-hydrogen) atoms. The van der Waals surface area contributed by atoms with Crippen molar-refractivity contribution < 1.29 is 14.0 Å². The van der Waals surface area contributed by atoms with Gasteiger partial charge < -0.3 is 14.6 Å². The third-order valence-corrected chi connectivity index (χ3v) is 3.84. The van der Waals surface area contributed by atoms with Crippen molar-refractivity contribution in [3.63, 3.8) is 0 Å². The lowest BCUT2D eigenvalue weighted by Gasteiger charge is -2.35. The van der Waals surface area contributed by atoms with Crippen molar-refractivity contribution in [3.05, 3.63) is 24.2 Å². The van der Waals surface area contributed by atoms with Gasteiger partial charge in [0, 0.05) is 12.6 Å². The van der Waals surface area contributed by atoms with Gasteiger partial charge >= 0.3 is 0 Å². The number of hydrogen-bond acceptors (Lipinski definition) is 3. The molecule has 1 N–H and O–H groups in total. The first-order valence-corrected chi connectivity index (χ1v) is 7.27. The molecule has 1 aliphatic heterocycles. The third kappa shape index (κ3) is 3.21. The van der Waals surface area contributed by atoms with Crippen molar-refractivity contribution in [1.29, 1.82) is 0 Å². The van der Waals surface area contributed by atoms with Crippen LogP contribution >= 0.6 is 0 Å². The summed E-state index contributed by atoms with van der Waals surface area (Å²) in [6.07, 6.45) is 6.44. The predicted octanol–water partition coefficient (Wildman–Crippen LogP) is 2.19. The van der Waals surface area contributed by atoms with Crippen LogP contribution in [-0.2, 0) is 4.79 Å². The molecule has 5 heteroatoms. The summed E-state index contributed by atoms with van der Waals surface area (Å²) in [6, 6.07) is 1.41. The lowest BCUT2D eigenvalue weighted by Crippen LogP contribution is -2.53. The number of likely N-dealkylation sites (tertiary alicyclic amines) is 1. The second kappa shape index (κ2) is 6.59. The molecular weight excluding hydrogens is 256 g/mol. The zero-order valence-corrected chi connectivity index (χ0v) is 12.1. The summed E-state index contributed by atoms with van der Waals surface area (Å²) in [6.45, 7) is 4.63. The first kappa shape index (κ1) is 14.6. The van der Waals surface area contributed by atoms with Crippen molar-refractivity contribution >= 4 is 11.8 Å². The molecule has 2 atom stereocenters. The fourth-order valence-electron chi connectivity index (χ4n) is 2.44. The quantitative estimate of drug-likeness (QED) is 0.918. The first-order valence-electron chi connectivity index (χ1n) is 7.27. The fourth-order valence-corrected chi connectivity index (χ4v) is 2.44. The number of piperidine rings is 1. The summed E-state index contributed by atoms with van der Waals surface area (Å²) >= 11 is 0. The van der Waals surface area contributed by atoms with Crippen LogP contribution in [0, 0.1) is 0 Å². The molecule has 2 amide bonds. The topological polar surface area (TPSA) is 62.6 Å². The molecule has 5 nitrogen and oxygen atoms in total. The van der Waals surface area contributed by atoms with E-state index in [9.17, 15) is 9.59 Å². The Balaban J connectivity index is 2.09. The van der Waals surface area contributed by atoms with Crippen LogP contribution in [0.15, 0.2) is 23.0 Å². The van der Waals surface area contributed by atoms with Gasteiger partial charge in [0.15, 0.2) is 0 Å². The molecule has 1 fully saturated rings. The number of nitrogens with one attached hydrogen (secondary N) is 1. The Kier molecular flexibility index (Phi) is 4.82. The van der Waals surface area contributed by atoms with E-state index in [0.717, 1.165) is 25.7 Å². The summed E-state index contributed by atoms with van der Waals surface area (Å²) < 4.78 is 4.96. The Morgan fingerprint density at radius 1 is 1.50 bits per heavy atom. The number of furan rings is 1. The second-order valence-corrected chi connectivity index (χ2v) is 5.34. The maximum atomic E-state index is 12.4. The van der Waals surface area contributed by atoms with E-state index in [2.05, 4.69) is 5.32 Å². The maximum Gasteiger partial charge on any atom is 0.257 e. The number of nitrogens with zero attached hydrogens (tertiary/aromatic N) is 1. The predicted molar refractivity (Wildman–Crippen MR) is 75.3 cm³/mol. The zero-order valence-electron chi connectivity index (χ0n) is 12.1. The third-order valence-electron chi connectivity index (χ3n) is 3.84. The van der Waals surface area contributed by atoms with Gasteiger partial charge in [-0.2, -0.15) is 0 Å². The highest BCUT2D eigenvalue weighted by molar-refractivity contribution is 5.97. The SMILES string of the molecule is CC[C@H](C)NC(=O)[C@H]1CCCCN1C(=O)c1ccoc1. The fraction of sp³-hybridized carbons (Fsp3) is 0.600. The van der Waals surface area contributed by atoms with Crippen LogP contribution in [0.2, 0.25) is 0 Å². The van der Waals surface area contributed by atoms with Crippen molar-refractivity contribution in [2.24, 2.45) is 0 Å². The Bertz CT molecular complexity index is 456. The van der Waals surface area contributed by atoms with Gasteiger partial charge in [-0.1, -0.05) is 6.92 Å². The minimum absolute atomic E-state index is 0.0455. The molecule has 2 heterocycles. The molecule has 2 rings (SSSR count). The van der Waals surface area contributed by atoms with Gasteiger partial charge in [-0.3, -0.25) is 9.59 Å². The first-order chi connectivity index (χ1) is 9.63.